The summed E-state index contributed by atoms with van der Waals surface area (Å²) in [4.78, 5) is 26.5. The molecule has 1 aliphatic heterocycles. The number of rotatable bonds is 3. The first-order valence-electron chi connectivity index (χ1n) is 9.46. The summed E-state index contributed by atoms with van der Waals surface area (Å²) in [7, 11) is 0. The van der Waals surface area contributed by atoms with Crippen molar-refractivity contribution >= 4 is 35.4 Å². The van der Waals surface area contributed by atoms with Gasteiger partial charge in [-0.05, 0) is 17.1 Å². The van der Waals surface area contributed by atoms with Gasteiger partial charge in [0.15, 0.2) is 6.10 Å². The van der Waals surface area contributed by atoms with Gasteiger partial charge in [0, 0.05) is 23.3 Å². The van der Waals surface area contributed by atoms with Gasteiger partial charge in [-0.2, -0.15) is 0 Å². The van der Waals surface area contributed by atoms with Crippen LogP contribution in [0.4, 0.5) is 0 Å². The van der Waals surface area contributed by atoms with E-state index >= 15 is 0 Å². The summed E-state index contributed by atoms with van der Waals surface area (Å²) >= 11 is 3.45. The van der Waals surface area contributed by atoms with Gasteiger partial charge in [-0.15, -0.1) is 23.5 Å². The number of hydrogen-bond donors (Lipinski definition) is 0. The maximum atomic E-state index is 12.7. The molecule has 0 fully saturated rings. The predicted octanol–water partition coefficient (Wildman–Crippen LogP) is 5.47. The van der Waals surface area contributed by atoms with Crippen molar-refractivity contribution in [2.45, 2.75) is 103 Å². The van der Waals surface area contributed by atoms with Crippen LogP contribution in [0, 0.1) is 5.41 Å². The molecule has 1 aliphatic rings. The van der Waals surface area contributed by atoms with Gasteiger partial charge in [-0.3, -0.25) is 9.59 Å². The standard InChI is InChI=1S/C21H37NO3S2/c1-13(23)22-16(26-20(6,7)8)12-15(19(3,4)5)17(25-14(2)24)18(22)27-21(9,10)11/h12,16-18H,1-11H3. The molecule has 27 heavy (non-hydrogen) atoms. The maximum absolute atomic E-state index is 12.7. The Labute approximate surface area is 174 Å². The molecular formula is C21H37NO3S2. The van der Waals surface area contributed by atoms with Crippen molar-refractivity contribution in [1.29, 1.82) is 0 Å². The first-order chi connectivity index (χ1) is 11.9. The molecular weight excluding hydrogens is 378 g/mol. The average molecular weight is 416 g/mol. The third-order valence-corrected chi connectivity index (χ3v) is 6.64. The molecule has 3 unspecified atom stereocenters. The van der Waals surface area contributed by atoms with E-state index in [1.807, 2.05) is 4.90 Å². The van der Waals surface area contributed by atoms with Crippen LogP contribution in [-0.4, -0.2) is 43.1 Å². The number of esters is 1. The Hall–Kier alpha value is -0.620. The minimum atomic E-state index is -0.451. The lowest BCUT2D eigenvalue weighted by Gasteiger charge is -2.49. The van der Waals surface area contributed by atoms with Crippen LogP contribution >= 0.6 is 23.5 Å². The van der Waals surface area contributed by atoms with Gasteiger partial charge >= 0.3 is 5.97 Å². The molecule has 1 rings (SSSR count). The van der Waals surface area contributed by atoms with Crippen molar-refractivity contribution in [2.75, 3.05) is 0 Å². The number of hydrogen-bond acceptors (Lipinski definition) is 5. The molecule has 0 aliphatic carbocycles. The lowest BCUT2D eigenvalue weighted by Crippen LogP contribution is -2.56. The second kappa shape index (κ2) is 8.40. The molecule has 6 heteroatoms. The Morgan fingerprint density at radius 2 is 1.41 bits per heavy atom. The fourth-order valence-electron chi connectivity index (χ4n) is 3.04. The SMILES string of the molecule is CC(=O)OC1C(C(C)(C)C)=CC(SC(C)(C)C)N(C(C)=O)C1SC(C)(C)C. The first kappa shape index (κ1) is 24.4. The van der Waals surface area contributed by atoms with Crippen LogP contribution in [0.5, 0.6) is 0 Å². The zero-order valence-electron chi connectivity index (χ0n) is 18.8. The summed E-state index contributed by atoms with van der Waals surface area (Å²) in [6.07, 6.45) is 1.69. The number of amides is 1. The normalized spacial score (nSPS) is 24.5. The highest BCUT2D eigenvalue weighted by atomic mass is 32.2. The van der Waals surface area contributed by atoms with Crippen molar-refractivity contribution in [2.24, 2.45) is 5.41 Å². The molecule has 0 aromatic heterocycles. The number of carbonyl (C=O) groups is 2. The van der Waals surface area contributed by atoms with Crippen molar-refractivity contribution < 1.29 is 14.3 Å². The molecule has 0 radical (unpaired) electrons. The minimum absolute atomic E-state index is 0.000128. The zero-order valence-corrected chi connectivity index (χ0v) is 20.4. The Morgan fingerprint density at radius 1 is 0.926 bits per heavy atom. The maximum Gasteiger partial charge on any atom is 0.303 e. The van der Waals surface area contributed by atoms with E-state index in [-0.39, 0.29) is 37.5 Å². The molecule has 156 valence electrons. The largest absolute Gasteiger partial charge is 0.455 e. The molecule has 3 atom stereocenters. The molecule has 0 bridgehead atoms. The van der Waals surface area contributed by atoms with E-state index in [4.69, 9.17) is 4.74 Å². The molecule has 4 nitrogen and oxygen atoms in total. The van der Waals surface area contributed by atoms with E-state index in [1.54, 1.807) is 30.4 Å². The van der Waals surface area contributed by atoms with E-state index in [2.05, 4.69) is 68.4 Å². The van der Waals surface area contributed by atoms with Crippen LogP contribution in [0.2, 0.25) is 0 Å². The van der Waals surface area contributed by atoms with Gasteiger partial charge in [0.05, 0.1) is 5.37 Å². The molecule has 0 saturated carbocycles. The molecule has 0 saturated heterocycles. The summed E-state index contributed by atoms with van der Waals surface area (Å²) in [5.74, 6) is -0.319. The fourth-order valence-corrected chi connectivity index (χ4v) is 5.90. The minimum Gasteiger partial charge on any atom is -0.455 e. The highest BCUT2D eigenvalue weighted by Gasteiger charge is 2.47. The van der Waals surface area contributed by atoms with Gasteiger partial charge in [0.1, 0.15) is 5.37 Å². The lowest BCUT2D eigenvalue weighted by molar-refractivity contribution is -0.149. The van der Waals surface area contributed by atoms with Gasteiger partial charge in [-0.1, -0.05) is 62.3 Å². The Kier molecular flexibility index (Phi) is 7.60. The Balaban J connectivity index is 3.61. The third kappa shape index (κ3) is 7.37. The van der Waals surface area contributed by atoms with Crippen LogP contribution in [0.25, 0.3) is 0 Å². The van der Waals surface area contributed by atoms with Crippen molar-refractivity contribution in [3.05, 3.63) is 11.6 Å². The predicted molar refractivity (Wildman–Crippen MR) is 118 cm³/mol. The molecule has 1 heterocycles. The van der Waals surface area contributed by atoms with E-state index < -0.39 is 6.10 Å². The van der Waals surface area contributed by atoms with Crippen LogP contribution < -0.4 is 0 Å². The van der Waals surface area contributed by atoms with Gasteiger partial charge < -0.3 is 9.64 Å². The molecule has 0 aromatic rings. The van der Waals surface area contributed by atoms with Gasteiger partial charge in [0.25, 0.3) is 0 Å². The molecule has 1 amide bonds. The summed E-state index contributed by atoms with van der Waals surface area (Å²) in [6, 6.07) is 0. The lowest BCUT2D eigenvalue weighted by atomic mass is 9.81. The highest BCUT2D eigenvalue weighted by Crippen LogP contribution is 2.47. The molecule has 0 spiro atoms. The van der Waals surface area contributed by atoms with Crippen LogP contribution in [-0.2, 0) is 14.3 Å². The smallest absolute Gasteiger partial charge is 0.303 e. The summed E-state index contributed by atoms with van der Waals surface area (Å²) in [5, 5.41) is -0.353. The quantitative estimate of drug-likeness (QED) is 0.452. The monoisotopic (exact) mass is 415 g/mol. The number of carbonyl (C=O) groups excluding carboxylic acids is 2. The Morgan fingerprint density at radius 3 is 1.74 bits per heavy atom. The molecule has 0 aromatic carbocycles. The summed E-state index contributed by atoms with van der Waals surface area (Å²) < 4.78 is 5.72. The Bertz CT molecular complexity index is 594. The second-order valence-corrected chi connectivity index (χ2v) is 14.0. The zero-order chi connectivity index (χ0) is 21.4. The fraction of sp³-hybridized carbons (Fsp3) is 0.810. The first-order valence-corrected chi connectivity index (χ1v) is 11.2. The van der Waals surface area contributed by atoms with Gasteiger partial charge in [-0.25, -0.2) is 0 Å². The van der Waals surface area contributed by atoms with E-state index in [1.165, 1.54) is 6.92 Å². The molecule has 0 N–H and O–H groups in total. The van der Waals surface area contributed by atoms with Crippen LogP contribution in [0.15, 0.2) is 11.6 Å². The van der Waals surface area contributed by atoms with Crippen molar-refractivity contribution in [1.82, 2.24) is 4.90 Å². The van der Waals surface area contributed by atoms with Crippen molar-refractivity contribution in [3.8, 4) is 0 Å². The highest BCUT2D eigenvalue weighted by molar-refractivity contribution is 8.02. The van der Waals surface area contributed by atoms with Crippen LogP contribution in [0.3, 0.4) is 0 Å². The van der Waals surface area contributed by atoms with Crippen molar-refractivity contribution in [3.63, 3.8) is 0 Å². The number of nitrogens with zero attached hydrogens (tertiary/aromatic N) is 1. The topological polar surface area (TPSA) is 46.6 Å². The van der Waals surface area contributed by atoms with Gasteiger partial charge in [0.2, 0.25) is 5.91 Å². The van der Waals surface area contributed by atoms with E-state index in [0.717, 1.165) is 5.57 Å². The number of ether oxygens (including phenoxy) is 1. The second-order valence-electron chi connectivity index (χ2n) is 10.1. The van der Waals surface area contributed by atoms with E-state index in [0.29, 0.717) is 0 Å². The number of thioether (sulfide) groups is 2. The summed E-state index contributed by atoms with van der Waals surface area (Å²) in [6.45, 7) is 22.3. The summed E-state index contributed by atoms with van der Waals surface area (Å²) in [5.41, 5.74) is 0.912. The average Bonchev–Trinajstić information content (AvgIpc) is 2.35. The van der Waals surface area contributed by atoms with Crippen LogP contribution in [0.1, 0.15) is 76.2 Å². The van der Waals surface area contributed by atoms with E-state index in [9.17, 15) is 9.59 Å². The third-order valence-electron chi connectivity index (χ3n) is 3.91.